The number of hydrogen-bond donors (Lipinski definition) is 1. The van der Waals surface area contributed by atoms with Crippen molar-refractivity contribution in [2.75, 3.05) is 13.7 Å². The van der Waals surface area contributed by atoms with Crippen molar-refractivity contribution in [3.05, 3.63) is 23.7 Å². The molecule has 1 aromatic heterocycles. The van der Waals surface area contributed by atoms with Gasteiger partial charge >= 0.3 is 5.97 Å². The van der Waals surface area contributed by atoms with Crippen LogP contribution in [0.4, 0.5) is 0 Å². The fraction of sp³-hybridized carbons (Fsp3) is 0.571. The van der Waals surface area contributed by atoms with Crippen LogP contribution in [0.2, 0.25) is 0 Å². The van der Waals surface area contributed by atoms with Gasteiger partial charge in [-0.2, -0.15) is 0 Å². The molecule has 6 nitrogen and oxygen atoms in total. The molecule has 110 valence electrons. The quantitative estimate of drug-likeness (QED) is 0.836. The Morgan fingerprint density at radius 3 is 2.90 bits per heavy atom. The van der Waals surface area contributed by atoms with Crippen molar-refractivity contribution < 1.29 is 18.7 Å². The molecule has 0 aliphatic carbocycles. The molecule has 1 amide bonds. The van der Waals surface area contributed by atoms with Gasteiger partial charge in [0.1, 0.15) is 0 Å². The van der Waals surface area contributed by atoms with Crippen molar-refractivity contribution in [1.29, 1.82) is 0 Å². The molecule has 1 aliphatic heterocycles. The van der Waals surface area contributed by atoms with Crippen molar-refractivity contribution in [2.45, 2.75) is 32.4 Å². The first kappa shape index (κ1) is 14.6. The molecule has 20 heavy (non-hydrogen) atoms. The summed E-state index contributed by atoms with van der Waals surface area (Å²) in [5.74, 6) is -0.649. The van der Waals surface area contributed by atoms with Gasteiger partial charge in [0.05, 0.1) is 19.3 Å². The van der Waals surface area contributed by atoms with Crippen LogP contribution in [-0.2, 0) is 16.1 Å². The molecular weight excluding hydrogens is 260 g/mol. The Morgan fingerprint density at radius 2 is 2.25 bits per heavy atom. The van der Waals surface area contributed by atoms with Gasteiger partial charge in [-0.1, -0.05) is 0 Å². The van der Waals surface area contributed by atoms with Crippen molar-refractivity contribution in [1.82, 2.24) is 4.90 Å². The molecule has 2 N–H and O–H groups in total. The van der Waals surface area contributed by atoms with Crippen LogP contribution in [0.3, 0.4) is 0 Å². The lowest BCUT2D eigenvalue weighted by Crippen LogP contribution is -2.45. The number of carbonyl (C=O) groups is 2. The summed E-state index contributed by atoms with van der Waals surface area (Å²) in [6, 6.07) is 2.10. The standard InChI is InChI=1S/C14H20N2O4/c1-9-3-4-11(13(15)17)8-16(9)7-10-5-6-20-12(10)14(18)19-2/h5-6,9,11H,3-4,7-8H2,1-2H3,(H2,15,17)/t9-,11-/m1/s1. The van der Waals surface area contributed by atoms with Crippen molar-refractivity contribution in [2.24, 2.45) is 11.7 Å². The summed E-state index contributed by atoms with van der Waals surface area (Å²) >= 11 is 0. The highest BCUT2D eigenvalue weighted by Gasteiger charge is 2.30. The average Bonchev–Trinajstić information content (AvgIpc) is 2.88. The maximum Gasteiger partial charge on any atom is 0.374 e. The number of primary amides is 1. The molecule has 2 rings (SSSR count). The second kappa shape index (κ2) is 6.09. The van der Waals surface area contributed by atoms with E-state index in [2.05, 4.69) is 16.6 Å². The summed E-state index contributed by atoms with van der Waals surface area (Å²) in [6.07, 6.45) is 3.21. The van der Waals surface area contributed by atoms with E-state index in [0.717, 1.165) is 18.4 Å². The minimum Gasteiger partial charge on any atom is -0.463 e. The molecule has 6 heteroatoms. The lowest BCUT2D eigenvalue weighted by Gasteiger charge is -2.36. The van der Waals surface area contributed by atoms with Gasteiger partial charge in [-0.15, -0.1) is 0 Å². The molecule has 0 radical (unpaired) electrons. The molecule has 0 unspecified atom stereocenters. The van der Waals surface area contributed by atoms with E-state index in [1.165, 1.54) is 13.4 Å². The largest absolute Gasteiger partial charge is 0.463 e. The number of amides is 1. The summed E-state index contributed by atoms with van der Waals surface area (Å²) < 4.78 is 9.86. The predicted octanol–water partition coefficient (Wildman–Crippen LogP) is 1.15. The zero-order valence-electron chi connectivity index (χ0n) is 11.8. The van der Waals surface area contributed by atoms with Gasteiger partial charge in [-0.3, -0.25) is 9.69 Å². The van der Waals surface area contributed by atoms with Crippen LogP contribution < -0.4 is 5.73 Å². The maximum atomic E-state index is 11.6. The van der Waals surface area contributed by atoms with Crippen LogP contribution in [0.5, 0.6) is 0 Å². The molecule has 1 fully saturated rings. The van der Waals surface area contributed by atoms with Crippen LogP contribution in [0.25, 0.3) is 0 Å². The van der Waals surface area contributed by atoms with Gasteiger partial charge in [0.2, 0.25) is 11.7 Å². The first-order valence-corrected chi connectivity index (χ1v) is 6.71. The van der Waals surface area contributed by atoms with Gasteiger partial charge in [-0.25, -0.2) is 4.79 Å². The van der Waals surface area contributed by atoms with Crippen LogP contribution >= 0.6 is 0 Å². The number of likely N-dealkylation sites (tertiary alicyclic amines) is 1. The van der Waals surface area contributed by atoms with E-state index in [9.17, 15) is 9.59 Å². The number of nitrogens with zero attached hydrogens (tertiary/aromatic N) is 1. The first-order chi connectivity index (χ1) is 9.52. The van der Waals surface area contributed by atoms with Gasteiger partial charge in [0.15, 0.2) is 0 Å². The van der Waals surface area contributed by atoms with Crippen LogP contribution in [0.15, 0.2) is 16.7 Å². The molecule has 1 saturated heterocycles. The van der Waals surface area contributed by atoms with Gasteiger partial charge in [0, 0.05) is 24.7 Å². The SMILES string of the molecule is COC(=O)c1occc1CN1C[C@H](C(N)=O)CC[C@H]1C. The Kier molecular flexibility index (Phi) is 4.44. The number of nitrogens with two attached hydrogens (primary N) is 1. The second-order valence-corrected chi connectivity index (χ2v) is 5.22. The number of ether oxygens (including phenoxy) is 1. The van der Waals surface area contributed by atoms with Crippen LogP contribution in [0.1, 0.15) is 35.9 Å². The van der Waals surface area contributed by atoms with E-state index < -0.39 is 5.97 Å². The van der Waals surface area contributed by atoms with E-state index in [4.69, 9.17) is 10.2 Å². The minimum absolute atomic E-state index is 0.125. The lowest BCUT2D eigenvalue weighted by molar-refractivity contribution is -0.124. The third-order valence-corrected chi connectivity index (χ3v) is 3.90. The Morgan fingerprint density at radius 1 is 1.50 bits per heavy atom. The number of methoxy groups -OCH3 is 1. The Hall–Kier alpha value is -1.82. The predicted molar refractivity (Wildman–Crippen MR) is 71.8 cm³/mol. The van der Waals surface area contributed by atoms with Gasteiger partial charge in [0.25, 0.3) is 0 Å². The fourth-order valence-electron chi connectivity index (χ4n) is 2.58. The van der Waals surface area contributed by atoms with Crippen molar-refractivity contribution in [3.63, 3.8) is 0 Å². The molecule has 0 saturated carbocycles. The summed E-state index contributed by atoms with van der Waals surface area (Å²) in [6.45, 7) is 3.27. The number of hydrogen-bond acceptors (Lipinski definition) is 5. The van der Waals surface area contributed by atoms with E-state index >= 15 is 0 Å². The maximum absolute atomic E-state index is 11.6. The van der Waals surface area contributed by atoms with Gasteiger partial charge in [-0.05, 0) is 25.8 Å². The number of furan rings is 1. The summed E-state index contributed by atoms with van der Waals surface area (Å²) in [7, 11) is 1.32. The Bertz CT molecular complexity index is 497. The van der Waals surface area contributed by atoms with Crippen molar-refractivity contribution in [3.8, 4) is 0 Å². The number of esters is 1. The summed E-state index contributed by atoms with van der Waals surface area (Å²) in [5, 5.41) is 0. The molecule has 1 aromatic rings. The molecular formula is C14H20N2O4. The zero-order chi connectivity index (χ0) is 14.7. The molecule has 2 heterocycles. The third-order valence-electron chi connectivity index (χ3n) is 3.90. The fourth-order valence-corrected chi connectivity index (χ4v) is 2.58. The molecule has 0 bridgehead atoms. The van der Waals surface area contributed by atoms with E-state index in [1.807, 2.05) is 0 Å². The van der Waals surface area contributed by atoms with Crippen LogP contribution in [-0.4, -0.2) is 36.5 Å². The zero-order valence-corrected chi connectivity index (χ0v) is 11.8. The third kappa shape index (κ3) is 3.01. The first-order valence-electron chi connectivity index (χ1n) is 6.71. The highest BCUT2D eigenvalue weighted by atomic mass is 16.5. The Labute approximate surface area is 117 Å². The normalized spacial score (nSPS) is 23.5. The second-order valence-electron chi connectivity index (χ2n) is 5.22. The van der Waals surface area contributed by atoms with E-state index in [-0.39, 0.29) is 17.6 Å². The van der Waals surface area contributed by atoms with Gasteiger partial charge < -0.3 is 14.9 Å². The highest BCUT2D eigenvalue weighted by molar-refractivity contribution is 5.87. The van der Waals surface area contributed by atoms with E-state index in [0.29, 0.717) is 19.1 Å². The summed E-state index contributed by atoms with van der Waals surface area (Å²) in [5.41, 5.74) is 6.16. The number of piperidine rings is 1. The Balaban J connectivity index is 2.10. The topological polar surface area (TPSA) is 85.8 Å². The lowest BCUT2D eigenvalue weighted by atomic mass is 9.92. The molecule has 0 aromatic carbocycles. The van der Waals surface area contributed by atoms with E-state index in [1.54, 1.807) is 6.07 Å². The molecule has 1 aliphatic rings. The summed E-state index contributed by atoms with van der Waals surface area (Å²) in [4.78, 5) is 25.1. The minimum atomic E-state index is -0.485. The van der Waals surface area contributed by atoms with Crippen molar-refractivity contribution >= 4 is 11.9 Å². The smallest absolute Gasteiger partial charge is 0.374 e. The molecule has 2 atom stereocenters. The van der Waals surface area contributed by atoms with Crippen LogP contribution in [0, 0.1) is 5.92 Å². The molecule has 0 spiro atoms. The number of carbonyl (C=O) groups excluding carboxylic acids is 2. The average molecular weight is 280 g/mol. The monoisotopic (exact) mass is 280 g/mol. The number of rotatable bonds is 4. The highest BCUT2D eigenvalue weighted by Crippen LogP contribution is 2.25.